The molecule has 0 spiro atoms. The van der Waals surface area contributed by atoms with E-state index in [1.54, 1.807) is 31.2 Å². The lowest BCUT2D eigenvalue weighted by Crippen LogP contribution is -2.08. The first-order valence-corrected chi connectivity index (χ1v) is 6.85. The average molecular weight is 267 g/mol. The van der Waals surface area contributed by atoms with Crippen LogP contribution in [0.15, 0.2) is 35.5 Å². The van der Waals surface area contributed by atoms with Gasteiger partial charge in [-0.1, -0.05) is 35.5 Å². The fourth-order valence-electron chi connectivity index (χ4n) is 1.13. The van der Waals surface area contributed by atoms with Gasteiger partial charge in [0.15, 0.2) is 5.71 Å². The highest BCUT2D eigenvalue weighted by atomic mass is 31.2. The maximum Gasteiger partial charge on any atom is 0.478 e. The van der Waals surface area contributed by atoms with Gasteiger partial charge in [-0.15, -0.1) is 0 Å². The molecule has 6 nitrogen and oxygen atoms in total. The van der Waals surface area contributed by atoms with E-state index in [0.717, 1.165) is 0 Å². The fourth-order valence-corrected chi connectivity index (χ4v) is 1.91. The first kappa shape index (κ1) is 14.4. The first-order valence-electron chi connectivity index (χ1n) is 5.31. The van der Waals surface area contributed by atoms with Crippen LogP contribution in [-0.2, 0) is 13.7 Å². The van der Waals surface area contributed by atoms with Gasteiger partial charge in [-0.3, -0.25) is 4.52 Å². The zero-order valence-corrected chi connectivity index (χ0v) is 11.1. The quantitative estimate of drug-likeness (QED) is 0.485. The molecule has 0 fully saturated rings. The summed E-state index contributed by atoms with van der Waals surface area (Å²) in [6.07, 6.45) is 0. The molecule has 1 rings (SSSR count). The van der Waals surface area contributed by atoms with E-state index in [9.17, 15) is 4.57 Å². The van der Waals surface area contributed by atoms with Crippen molar-refractivity contribution in [1.29, 1.82) is 5.26 Å². The van der Waals surface area contributed by atoms with Crippen molar-refractivity contribution in [3.05, 3.63) is 35.9 Å². The summed E-state index contributed by atoms with van der Waals surface area (Å²) >= 11 is 0. The smallest absolute Gasteiger partial charge is 0.300 e. The first-order chi connectivity index (χ1) is 8.65. The van der Waals surface area contributed by atoms with Gasteiger partial charge in [0, 0.05) is 5.56 Å². The zero-order valence-electron chi connectivity index (χ0n) is 10.2. The van der Waals surface area contributed by atoms with Crippen LogP contribution in [0.3, 0.4) is 0 Å². The highest BCUT2D eigenvalue weighted by molar-refractivity contribution is 7.51. The van der Waals surface area contributed by atoms with Crippen LogP contribution in [0.2, 0.25) is 0 Å². The maximum absolute atomic E-state index is 11.9. The molecule has 1 unspecified atom stereocenters. The van der Waals surface area contributed by atoms with Crippen molar-refractivity contribution >= 4 is 13.5 Å². The second kappa shape index (κ2) is 6.92. The molecular weight excluding hydrogens is 253 g/mol. The van der Waals surface area contributed by atoms with Crippen LogP contribution in [0.25, 0.3) is 0 Å². The van der Waals surface area contributed by atoms with Crippen molar-refractivity contribution in [2.45, 2.75) is 6.92 Å². The Labute approximate surface area is 106 Å². The lowest BCUT2D eigenvalue weighted by Gasteiger charge is -2.12. The molecule has 1 N–H and O–H groups in total. The molecule has 0 heterocycles. The molecule has 0 saturated carbocycles. The Kier molecular flexibility index (Phi) is 5.53. The van der Waals surface area contributed by atoms with Crippen molar-refractivity contribution in [2.75, 3.05) is 13.7 Å². The second-order valence-electron chi connectivity index (χ2n) is 3.14. The standard InChI is InChI=1S/C11H14N3O3P/c1-3-16-18(15,13-2)17-14-11(9-12)10-7-5-4-6-8-10/h4-8H,3H2,1-2H3,(H,13,15). The van der Waals surface area contributed by atoms with Crippen LogP contribution in [-0.4, -0.2) is 19.4 Å². The molecule has 0 radical (unpaired) electrons. The third-order valence-corrected chi connectivity index (χ3v) is 3.41. The average Bonchev–Trinajstić information content (AvgIpc) is 2.41. The van der Waals surface area contributed by atoms with Gasteiger partial charge in [0.1, 0.15) is 6.07 Å². The van der Waals surface area contributed by atoms with Crippen LogP contribution in [0.1, 0.15) is 12.5 Å². The van der Waals surface area contributed by atoms with E-state index in [4.69, 9.17) is 14.4 Å². The lowest BCUT2D eigenvalue weighted by atomic mass is 10.1. The Morgan fingerprint density at radius 1 is 1.50 bits per heavy atom. The van der Waals surface area contributed by atoms with E-state index in [-0.39, 0.29) is 12.3 Å². The number of hydrogen-bond acceptors (Lipinski definition) is 5. The molecule has 0 aliphatic carbocycles. The highest BCUT2D eigenvalue weighted by Gasteiger charge is 2.23. The van der Waals surface area contributed by atoms with Gasteiger partial charge in [0.05, 0.1) is 6.61 Å². The zero-order chi connectivity index (χ0) is 13.4. The topological polar surface area (TPSA) is 83.7 Å². The Morgan fingerprint density at radius 2 is 2.17 bits per heavy atom. The van der Waals surface area contributed by atoms with E-state index in [0.29, 0.717) is 5.56 Å². The summed E-state index contributed by atoms with van der Waals surface area (Å²) in [5, 5.41) is 15.0. The summed E-state index contributed by atoms with van der Waals surface area (Å²) in [5.74, 6) is 0. The molecular formula is C11H14N3O3P. The van der Waals surface area contributed by atoms with Crippen molar-refractivity contribution in [3.8, 4) is 6.07 Å². The molecule has 0 bridgehead atoms. The molecule has 0 aliphatic rings. The number of nitriles is 1. The van der Waals surface area contributed by atoms with E-state index < -0.39 is 7.75 Å². The van der Waals surface area contributed by atoms with E-state index in [2.05, 4.69) is 10.2 Å². The molecule has 0 saturated heterocycles. The molecule has 1 aromatic carbocycles. The number of rotatable bonds is 6. The summed E-state index contributed by atoms with van der Waals surface area (Å²) in [5.41, 5.74) is 0.616. The third kappa shape index (κ3) is 3.97. The minimum absolute atomic E-state index is 0.0331. The third-order valence-electron chi connectivity index (χ3n) is 1.97. The van der Waals surface area contributed by atoms with Gasteiger partial charge in [0.2, 0.25) is 0 Å². The van der Waals surface area contributed by atoms with Crippen LogP contribution in [0, 0.1) is 11.3 Å². The van der Waals surface area contributed by atoms with Gasteiger partial charge >= 0.3 is 7.75 Å². The summed E-state index contributed by atoms with van der Waals surface area (Å²) in [6.45, 7) is 1.89. The maximum atomic E-state index is 11.9. The lowest BCUT2D eigenvalue weighted by molar-refractivity contribution is 0.212. The van der Waals surface area contributed by atoms with E-state index in [1.807, 2.05) is 12.1 Å². The number of oxime groups is 1. The van der Waals surface area contributed by atoms with Gasteiger partial charge < -0.3 is 4.62 Å². The number of hydrogen-bond donors (Lipinski definition) is 1. The minimum atomic E-state index is -3.48. The normalized spacial score (nSPS) is 14.6. The van der Waals surface area contributed by atoms with Crippen molar-refractivity contribution in [2.24, 2.45) is 5.16 Å². The van der Waals surface area contributed by atoms with Gasteiger partial charge in [-0.05, 0) is 14.0 Å². The Balaban J connectivity index is 2.88. The van der Waals surface area contributed by atoms with Crippen LogP contribution in [0.5, 0.6) is 0 Å². The van der Waals surface area contributed by atoms with E-state index >= 15 is 0 Å². The molecule has 0 aliphatic heterocycles. The molecule has 7 heteroatoms. The largest absolute Gasteiger partial charge is 0.478 e. The molecule has 96 valence electrons. The number of nitrogens with one attached hydrogen (secondary N) is 1. The molecule has 0 amide bonds. The van der Waals surface area contributed by atoms with Gasteiger partial charge in [-0.25, -0.2) is 9.65 Å². The summed E-state index contributed by atoms with van der Waals surface area (Å²) in [4.78, 5) is 0. The molecule has 1 atom stereocenters. The SMILES string of the molecule is CCOP(=O)(NC)ON=C(C#N)c1ccccc1. The van der Waals surface area contributed by atoms with Gasteiger partial charge in [0.25, 0.3) is 0 Å². The van der Waals surface area contributed by atoms with Gasteiger partial charge in [-0.2, -0.15) is 5.26 Å². The molecule has 1 aromatic rings. The Morgan fingerprint density at radius 3 is 2.67 bits per heavy atom. The Bertz CT molecular complexity index is 496. The molecule has 0 aromatic heterocycles. The van der Waals surface area contributed by atoms with Crippen LogP contribution < -0.4 is 5.09 Å². The minimum Gasteiger partial charge on any atom is -0.300 e. The Hall–Kier alpha value is -1.67. The van der Waals surface area contributed by atoms with Crippen molar-refractivity contribution < 1.29 is 13.7 Å². The molecule has 18 heavy (non-hydrogen) atoms. The van der Waals surface area contributed by atoms with Crippen molar-refractivity contribution in [1.82, 2.24) is 5.09 Å². The summed E-state index contributed by atoms with van der Waals surface area (Å²) in [7, 11) is -2.05. The van der Waals surface area contributed by atoms with Crippen LogP contribution >= 0.6 is 7.75 Å². The predicted molar refractivity (Wildman–Crippen MR) is 68.0 cm³/mol. The van der Waals surface area contributed by atoms with Crippen molar-refractivity contribution in [3.63, 3.8) is 0 Å². The monoisotopic (exact) mass is 267 g/mol. The fraction of sp³-hybridized carbons (Fsp3) is 0.273. The van der Waals surface area contributed by atoms with E-state index in [1.165, 1.54) is 7.05 Å². The highest BCUT2D eigenvalue weighted by Crippen LogP contribution is 2.43. The number of benzene rings is 1. The predicted octanol–water partition coefficient (Wildman–Crippen LogP) is 2.29. The van der Waals surface area contributed by atoms with Crippen LogP contribution in [0.4, 0.5) is 0 Å². The second-order valence-corrected chi connectivity index (χ2v) is 5.00. The summed E-state index contributed by atoms with van der Waals surface area (Å²) < 4.78 is 21.6. The summed E-state index contributed by atoms with van der Waals surface area (Å²) in [6, 6.07) is 10.6. The number of nitrogens with zero attached hydrogens (tertiary/aromatic N) is 2.